The Labute approximate surface area is 172 Å². The predicted octanol–water partition coefficient (Wildman–Crippen LogP) is 3.23. The molecule has 1 aromatic carbocycles. The molecule has 3 rings (SSSR count). The van der Waals surface area contributed by atoms with Gasteiger partial charge in [0.2, 0.25) is 5.89 Å². The van der Waals surface area contributed by atoms with E-state index in [1.165, 1.54) is 0 Å². The van der Waals surface area contributed by atoms with Crippen molar-refractivity contribution in [2.45, 2.75) is 32.7 Å². The molecule has 7 nitrogen and oxygen atoms in total. The number of hydrogen-bond acceptors (Lipinski definition) is 5. The first-order valence-corrected chi connectivity index (χ1v) is 10.5. The number of hydrogen-bond donors (Lipinski definition) is 2. The largest absolute Gasteiger partial charge is 0.444 e. The van der Waals surface area contributed by atoms with E-state index in [1.54, 1.807) is 6.26 Å². The Hall–Kier alpha value is -2.38. The van der Waals surface area contributed by atoms with Crippen LogP contribution in [0, 0.1) is 5.92 Å². The zero-order valence-electron chi connectivity index (χ0n) is 17.2. The summed E-state index contributed by atoms with van der Waals surface area (Å²) < 4.78 is 16.8. The molecule has 29 heavy (non-hydrogen) atoms. The van der Waals surface area contributed by atoms with Crippen molar-refractivity contribution in [1.82, 2.24) is 15.6 Å². The summed E-state index contributed by atoms with van der Waals surface area (Å²) in [4.78, 5) is 9.12. The molecule has 1 aliphatic rings. The third-order valence-corrected chi connectivity index (χ3v) is 4.77. The monoisotopic (exact) mass is 400 g/mol. The standard InChI is InChI=1S/C22H32N4O3/c1-2-23-22(24-11-6-12-28-16-18-9-13-27-14-10-18)25-15-20-17-29-21(26-20)19-7-4-3-5-8-19/h3-5,7-8,17-18H,2,6,9-16H2,1H3,(H2,23,24,25). The number of nitrogens with zero attached hydrogens (tertiary/aromatic N) is 2. The van der Waals surface area contributed by atoms with Crippen molar-refractivity contribution in [1.29, 1.82) is 0 Å². The van der Waals surface area contributed by atoms with Crippen LogP contribution in [0.3, 0.4) is 0 Å². The smallest absolute Gasteiger partial charge is 0.226 e. The SMILES string of the molecule is CCNC(=NCc1coc(-c2ccccc2)n1)NCCCOCC1CCOCC1. The molecular weight excluding hydrogens is 368 g/mol. The van der Waals surface area contributed by atoms with Gasteiger partial charge in [-0.2, -0.15) is 0 Å². The van der Waals surface area contributed by atoms with Crippen LogP contribution in [0.5, 0.6) is 0 Å². The molecule has 2 heterocycles. The van der Waals surface area contributed by atoms with Gasteiger partial charge < -0.3 is 24.5 Å². The predicted molar refractivity (Wildman–Crippen MR) is 114 cm³/mol. The summed E-state index contributed by atoms with van der Waals surface area (Å²) in [5.74, 6) is 2.05. The average Bonchev–Trinajstić information content (AvgIpc) is 3.25. The molecule has 0 bridgehead atoms. The zero-order chi connectivity index (χ0) is 20.2. The number of nitrogens with one attached hydrogen (secondary N) is 2. The number of ether oxygens (including phenoxy) is 2. The number of benzene rings is 1. The molecule has 0 saturated carbocycles. The summed E-state index contributed by atoms with van der Waals surface area (Å²) in [6.45, 7) is 7.48. The molecule has 1 aliphatic heterocycles. The molecule has 7 heteroatoms. The lowest BCUT2D eigenvalue weighted by molar-refractivity contribution is 0.0203. The van der Waals surface area contributed by atoms with E-state index in [9.17, 15) is 0 Å². The molecule has 1 aromatic heterocycles. The minimum absolute atomic E-state index is 0.464. The van der Waals surface area contributed by atoms with Crippen LogP contribution >= 0.6 is 0 Å². The first-order chi connectivity index (χ1) is 14.3. The second-order valence-electron chi connectivity index (χ2n) is 7.12. The van der Waals surface area contributed by atoms with Gasteiger partial charge in [-0.1, -0.05) is 18.2 Å². The van der Waals surface area contributed by atoms with E-state index in [4.69, 9.17) is 13.9 Å². The van der Waals surface area contributed by atoms with Crippen LogP contribution in [0.2, 0.25) is 0 Å². The Morgan fingerprint density at radius 3 is 2.83 bits per heavy atom. The van der Waals surface area contributed by atoms with E-state index in [1.807, 2.05) is 30.3 Å². The maximum absolute atomic E-state index is 5.81. The first kappa shape index (κ1) is 21.3. The van der Waals surface area contributed by atoms with Gasteiger partial charge in [-0.3, -0.25) is 0 Å². The molecular formula is C22H32N4O3. The molecule has 2 N–H and O–H groups in total. The van der Waals surface area contributed by atoms with Gasteiger partial charge in [0.15, 0.2) is 5.96 Å². The maximum atomic E-state index is 5.81. The van der Waals surface area contributed by atoms with Crippen LogP contribution in [0.15, 0.2) is 46.0 Å². The molecule has 0 spiro atoms. The molecule has 158 valence electrons. The molecule has 0 aliphatic carbocycles. The maximum Gasteiger partial charge on any atom is 0.226 e. The highest BCUT2D eigenvalue weighted by Gasteiger charge is 2.13. The first-order valence-electron chi connectivity index (χ1n) is 10.5. The van der Waals surface area contributed by atoms with E-state index in [0.717, 1.165) is 76.0 Å². The lowest BCUT2D eigenvalue weighted by Gasteiger charge is -2.21. The number of aliphatic imine (C=N–C) groups is 1. The van der Waals surface area contributed by atoms with Crippen molar-refractivity contribution < 1.29 is 13.9 Å². The number of rotatable bonds is 10. The minimum Gasteiger partial charge on any atom is -0.444 e. The Bertz CT molecular complexity index is 727. The molecule has 0 atom stereocenters. The summed E-state index contributed by atoms with van der Waals surface area (Å²) in [5, 5.41) is 6.61. The van der Waals surface area contributed by atoms with Crippen LogP contribution in [0.4, 0.5) is 0 Å². The van der Waals surface area contributed by atoms with Crippen molar-refractivity contribution in [3.8, 4) is 11.5 Å². The molecule has 1 fully saturated rings. The quantitative estimate of drug-likeness (QED) is 0.362. The summed E-state index contributed by atoms with van der Waals surface area (Å²) in [6.07, 6.45) is 4.84. The van der Waals surface area contributed by atoms with Crippen molar-refractivity contribution >= 4 is 5.96 Å². The van der Waals surface area contributed by atoms with E-state index < -0.39 is 0 Å². The fraction of sp³-hybridized carbons (Fsp3) is 0.545. The van der Waals surface area contributed by atoms with Gasteiger partial charge >= 0.3 is 0 Å². The second-order valence-corrected chi connectivity index (χ2v) is 7.12. The Balaban J connectivity index is 1.37. The molecule has 2 aromatic rings. The van der Waals surface area contributed by atoms with E-state index in [2.05, 4.69) is 27.5 Å². The van der Waals surface area contributed by atoms with Gasteiger partial charge in [0.1, 0.15) is 12.0 Å². The Morgan fingerprint density at radius 2 is 2.03 bits per heavy atom. The van der Waals surface area contributed by atoms with Gasteiger partial charge in [0, 0.05) is 45.1 Å². The van der Waals surface area contributed by atoms with Gasteiger partial charge in [-0.05, 0) is 44.2 Å². The number of aromatic nitrogens is 1. The van der Waals surface area contributed by atoms with Gasteiger partial charge in [0.05, 0.1) is 6.54 Å². The topological polar surface area (TPSA) is 80.9 Å². The third-order valence-electron chi connectivity index (χ3n) is 4.77. The summed E-state index contributed by atoms with van der Waals surface area (Å²) in [6, 6.07) is 9.88. The number of guanidine groups is 1. The third kappa shape index (κ3) is 7.51. The minimum atomic E-state index is 0.464. The van der Waals surface area contributed by atoms with E-state index in [-0.39, 0.29) is 0 Å². The Kier molecular flexibility index (Phi) is 9.00. The fourth-order valence-electron chi connectivity index (χ4n) is 3.14. The molecule has 0 radical (unpaired) electrons. The van der Waals surface area contributed by atoms with Crippen molar-refractivity contribution in [2.75, 3.05) is 39.5 Å². The van der Waals surface area contributed by atoms with E-state index >= 15 is 0 Å². The van der Waals surface area contributed by atoms with Crippen LogP contribution in [-0.4, -0.2) is 50.5 Å². The van der Waals surface area contributed by atoms with Crippen LogP contribution < -0.4 is 10.6 Å². The lowest BCUT2D eigenvalue weighted by atomic mass is 10.0. The molecule has 0 unspecified atom stereocenters. The van der Waals surface area contributed by atoms with Crippen LogP contribution in [0.25, 0.3) is 11.5 Å². The normalized spacial score (nSPS) is 15.4. The van der Waals surface area contributed by atoms with Crippen LogP contribution in [-0.2, 0) is 16.0 Å². The lowest BCUT2D eigenvalue weighted by Crippen LogP contribution is -2.38. The highest BCUT2D eigenvalue weighted by atomic mass is 16.5. The van der Waals surface area contributed by atoms with Gasteiger partial charge in [-0.25, -0.2) is 9.98 Å². The summed E-state index contributed by atoms with van der Waals surface area (Å²) >= 11 is 0. The number of oxazole rings is 1. The fourth-order valence-corrected chi connectivity index (χ4v) is 3.14. The molecule has 1 saturated heterocycles. The highest BCUT2D eigenvalue weighted by molar-refractivity contribution is 5.79. The van der Waals surface area contributed by atoms with Crippen molar-refractivity contribution in [3.63, 3.8) is 0 Å². The second kappa shape index (κ2) is 12.2. The zero-order valence-corrected chi connectivity index (χ0v) is 17.2. The Morgan fingerprint density at radius 1 is 1.21 bits per heavy atom. The van der Waals surface area contributed by atoms with Gasteiger partial charge in [0.25, 0.3) is 0 Å². The van der Waals surface area contributed by atoms with Crippen molar-refractivity contribution in [3.05, 3.63) is 42.3 Å². The summed E-state index contributed by atoms with van der Waals surface area (Å²) in [7, 11) is 0. The molecule has 0 amide bonds. The van der Waals surface area contributed by atoms with Gasteiger partial charge in [-0.15, -0.1) is 0 Å². The summed E-state index contributed by atoms with van der Waals surface area (Å²) in [5.41, 5.74) is 1.77. The van der Waals surface area contributed by atoms with Crippen LogP contribution in [0.1, 0.15) is 31.9 Å². The van der Waals surface area contributed by atoms with Crippen molar-refractivity contribution in [2.24, 2.45) is 10.9 Å². The average molecular weight is 401 g/mol. The highest BCUT2D eigenvalue weighted by Crippen LogP contribution is 2.18. The van der Waals surface area contributed by atoms with E-state index in [0.29, 0.717) is 18.4 Å².